The fourth-order valence-corrected chi connectivity index (χ4v) is 4.10. The van der Waals surface area contributed by atoms with E-state index in [-0.39, 0.29) is 12.5 Å². The number of aryl methyl sites for hydroxylation is 2. The van der Waals surface area contributed by atoms with Crippen molar-refractivity contribution in [1.82, 2.24) is 24.5 Å². The fourth-order valence-electron chi connectivity index (χ4n) is 3.89. The zero-order valence-electron chi connectivity index (χ0n) is 18.1. The average molecular weight is 461 g/mol. The highest BCUT2D eigenvalue weighted by Gasteiger charge is 2.17. The lowest BCUT2D eigenvalue weighted by atomic mass is 10.1. The summed E-state index contributed by atoms with van der Waals surface area (Å²) in [5.41, 5.74) is 4.25. The van der Waals surface area contributed by atoms with Gasteiger partial charge in [-0.25, -0.2) is 9.67 Å². The first kappa shape index (κ1) is 21.0. The number of nitrogens with zero attached hydrogens (tertiary/aromatic N) is 5. The maximum absolute atomic E-state index is 12.8. The van der Waals surface area contributed by atoms with E-state index in [1.165, 1.54) is 0 Å². The van der Waals surface area contributed by atoms with Gasteiger partial charge in [0.15, 0.2) is 11.5 Å². The maximum Gasteiger partial charge on any atom is 0.247 e. The Morgan fingerprint density at radius 1 is 1.09 bits per heavy atom. The smallest absolute Gasteiger partial charge is 0.247 e. The molecular weight excluding hydrogens is 440 g/mol. The third-order valence-electron chi connectivity index (χ3n) is 5.36. The van der Waals surface area contributed by atoms with E-state index in [9.17, 15) is 4.79 Å². The molecule has 0 fully saturated rings. The van der Waals surface area contributed by atoms with Crippen LogP contribution in [0, 0.1) is 13.8 Å². The summed E-state index contributed by atoms with van der Waals surface area (Å²) < 4.78 is 8.98. The van der Waals surface area contributed by atoms with Crippen LogP contribution >= 0.6 is 11.6 Å². The molecule has 0 aliphatic carbocycles. The number of amides is 1. The van der Waals surface area contributed by atoms with Gasteiger partial charge in [-0.2, -0.15) is 10.2 Å². The number of fused-ring (bicyclic) bond motifs is 1. The van der Waals surface area contributed by atoms with Crippen molar-refractivity contribution in [3.8, 4) is 11.3 Å². The highest BCUT2D eigenvalue weighted by molar-refractivity contribution is 6.30. The number of anilines is 1. The lowest BCUT2D eigenvalue weighted by Gasteiger charge is -2.05. The van der Waals surface area contributed by atoms with Crippen LogP contribution in [0.2, 0.25) is 5.02 Å². The molecule has 1 aromatic carbocycles. The first-order chi connectivity index (χ1) is 16.0. The molecule has 0 saturated heterocycles. The molecule has 0 atom stereocenters. The zero-order chi connectivity index (χ0) is 22.9. The summed E-state index contributed by atoms with van der Waals surface area (Å²) in [5, 5.41) is 13.5. The van der Waals surface area contributed by atoms with Gasteiger partial charge in [0.1, 0.15) is 12.3 Å². The number of benzene rings is 1. The van der Waals surface area contributed by atoms with Crippen LogP contribution in [0.3, 0.4) is 0 Å². The fraction of sp³-hybridized carbons (Fsp3) is 0.167. The van der Waals surface area contributed by atoms with Crippen LogP contribution in [0.5, 0.6) is 0 Å². The summed E-state index contributed by atoms with van der Waals surface area (Å²) in [4.78, 5) is 17.2. The van der Waals surface area contributed by atoms with E-state index >= 15 is 0 Å². The molecule has 5 rings (SSSR count). The predicted molar refractivity (Wildman–Crippen MR) is 126 cm³/mol. The van der Waals surface area contributed by atoms with Gasteiger partial charge in [0.2, 0.25) is 5.91 Å². The third-order valence-corrected chi connectivity index (χ3v) is 5.59. The molecule has 1 amide bonds. The Morgan fingerprint density at radius 3 is 2.76 bits per heavy atom. The van der Waals surface area contributed by atoms with Crippen LogP contribution in [-0.2, 0) is 17.9 Å². The Morgan fingerprint density at radius 2 is 1.97 bits per heavy atom. The van der Waals surface area contributed by atoms with Crippen molar-refractivity contribution in [2.24, 2.45) is 0 Å². The molecule has 0 aliphatic rings. The molecule has 8 nitrogen and oxygen atoms in total. The number of rotatable bonds is 6. The number of nitrogens with one attached hydrogen (secondary N) is 1. The Hall–Kier alpha value is -3.91. The summed E-state index contributed by atoms with van der Waals surface area (Å²) >= 11 is 6.08. The van der Waals surface area contributed by atoms with Gasteiger partial charge < -0.3 is 9.73 Å². The van der Waals surface area contributed by atoms with Crippen LogP contribution in [0.15, 0.2) is 65.4 Å². The van der Waals surface area contributed by atoms with Gasteiger partial charge in [-0.15, -0.1) is 0 Å². The van der Waals surface area contributed by atoms with E-state index in [0.717, 1.165) is 33.7 Å². The number of hydrogen-bond acceptors (Lipinski definition) is 5. The molecule has 0 bridgehead atoms. The number of halogens is 1. The minimum atomic E-state index is -0.239. The van der Waals surface area contributed by atoms with E-state index in [1.54, 1.807) is 17.1 Å². The van der Waals surface area contributed by atoms with E-state index in [4.69, 9.17) is 16.0 Å². The van der Waals surface area contributed by atoms with Crippen LogP contribution in [0.4, 0.5) is 5.82 Å². The maximum atomic E-state index is 12.8. The SMILES string of the molecule is Cc1nn(CC(=O)Nc2cc(C)n(Cc3cccc(Cl)c3)n2)c2nccc(-c3ccco3)c12. The first-order valence-corrected chi connectivity index (χ1v) is 10.8. The molecule has 0 radical (unpaired) electrons. The van der Waals surface area contributed by atoms with E-state index in [1.807, 2.05) is 67.1 Å². The normalized spacial score (nSPS) is 11.2. The predicted octanol–water partition coefficient (Wildman–Crippen LogP) is 4.85. The molecule has 0 spiro atoms. The van der Waals surface area contributed by atoms with Crippen molar-refractivity contribution in [2.75, 3.05) is 5.32 Å². The second-order valence-corrected chi connectivity index (χ2v) is 8.22. The summed E-state index contributed by atoms with van der Waals surface area (Å²) in [5.74, 6) is 0.976. The monoisotopic (exact) mass is 460 g/mol. The summed E-state index contributed by atoms with van der Waals surface area (Å²) in [6.07, 6.45) is 3.32. The topological polar surface area (TPSA) is 90.8 Å². The first-order valence-electron chi connectivity index (χ1n) is 10.4. The molecule has 5 aromatic rings. The van der Waals surface area contributed by atoms with Crippen molar-refractivity contribution in [1.29, 1.82) is 0 Å². The number of aromatic nitrogens is 5. The summed E-state index contributed by atoms with van der Waals surface area (Å²) in [6.45, 7) is 4.41. The number of furan rings is 1. The molecule has 9 heteroatoms. The van der Waals surface area contributed by atoms with Gasteiger partial charge in [0, 0.05) is 28.5 Å². The van der Waals surface area contributed by atoms with Crippen molar-refractivity contribution < 1.29 is 9.21 Å². The van der Waals surface area contributed by atoms with Crippen LogP contribution in [-0.4, -0.2) is 30.5 Å². The number of carbonyl (C=O) groups excluding carboxylic acids is 1. The molecule has 0 saturated carbocycles. The lowest BCUT2D eigenvalue weighted by molar-refractivity contribution is -0.116. The van der Waals surface area contributed by atoms with Crippen molar-refractivity contribution in [3.05, 3.63) is 83.0 Å². The van der Waals surface area contributed by atoms with Crippen LogP contribution in [0.1, 0.15) is 17.0 Å². The minimum Gasteiger partial charge on any atom is -0.464 e. The second-order valence-electron chi connectivity index (χ2n) is 7.78. The average Bonchev–Trinajstić information content (AvgIpc) is 3.49. The Balaban J connectivity index is 1.34. The second kappa shape index (κ2) is 8.55. The zero-order valence-corrected chi connectivity index (χ0v) is 18.9. The molecular formula is C24H21ClN6O2. The van der Waals surface area contributed by atoms with Crippen molar-refractivity contribution in [3.63, 3.8) is 0 Å². The van der Waals surface area contributed by atoms with Gasteiger partial charge in [-0.05, 0) is 49.7 Å². The minimum absolute atomic E-state index is 0.0130. The van der Waals surface area contributed by atoms with E-state index in [2.05, 4.69) is 20.5 Å². The van der Waals surface area contributed by atoms with Crippen molar-refractivity contribution in [2.45, 2.75) is 26.9 Å². The lowest BCUT2D eigenvalue weighted by Crippen LogP contribution is -2.20. The van der Waals surface area contributed by atoms with Gasteiger partial charge in [0.05, 0.1) is 23.9 Å². The summed E-state index contributed by atoms with van der Waals surface area (Å²) in [6, 6.07) is 15.1. The highest BCUT2D eigenvalue weighted by Crippen LogP contribution is 2.30. The largest absolute Gasteiger partial charge is 0.464 e. The quantitative estimate of drug-likeness (QED) is 0.391. The number of pyridine rings is 1. The molecule has 4 heterocycles. The highest BCUT2D eigenvalue weighted by atomic mass is 35.5. The Kier molecular flexibility index (Phi) is 5.43. The van der Waals surface area contributed by atoms with Gasteiger partial charge in [-0.3, -0.25) is 9.48 Å². The molecule has 0 aliphatic heterocycles. The molecule has 4 aromatic heterocycles. The third kappa shape index (κ3) is 4.25. The number of hydrogen-bond donors (Lipinski definition) is 1. The van der Waals surface area contributed by atoms with Gasteiger partial charge >= 0.3 is 0 Å². The molecule has 1 N–H and O–H groups in total. The Labute approximate surface area is 194 Å². The standard InChI is InChI=1S/C24H21ClN6O2/c1-15-11-21(29-30(15)13-17-5-3-6-18(25)12-17)27-22(32)14-31-24-23(16(2)28-31)19(8-9-26-24)20-7-4-10-33-20/h3-12H,13-14H2,1-2H3,(H,27,29,32). The molecule has 33 heavy (non-hydrogen) atoms. The molecule has 166 valence electrons. The molecule has 0 unspecified atom stereocenters. The van der Waals surface area contributed by atoms with Gasteiger partial charge in [0.25, 0.3) is 0 Å². The van der Waals surface area contributed by atoms with Gasteiger partial charge in [-0.1, -0.05) is 23.7 Å². The van der Waals surface area contributed by atoms with E-state index in [0.29, 0.717) is 23.0 Å². The Bertz CT molecular complexity index is 1450. The summed E-state index contributed by atoms with van der Waals surface area (Å²) in [7, 11) is 0. The van der Waals surface area contributed by atoms with Crippen molar-refractivity contribution >= 4 is 34.4 Å². The van der Waals surface area contributed by atoms with Crippen LogP contribution in [0.25, 0.3) is 22.4 Å². The number of carbonyl (C=O) groups is 1. The van der Waals surface area contributed by atoms with Crippen LogP contribution < -0.4 is 5.32 Å². The van der Waals surface area contributed by atoms with E-state index < -0.39 is 0 Å².